The smallest absolute Gasteiger partial charge is 0.414 e. The normalized spacial score (nSPS) is 18.3. The van der Waals surface area contributed by atoms with Crippen molar-refractivity contribution in [3.05, 3.63) is 63.7 Å². The number of amides is 1. The Balaban J connectivity index is 1.65. The second-order valence-electron chi connectivity index (χ2n) is 8.58. The zero-order valence-corrected chi connectivity index (χ0v) is 18.9. The third kappa shape index (κ3) is 4.45. The molecule has 178 valence electrons. The summed E-state index contributed by atoms with van der Waals surface area (Å²) in [5, 5.41) is 0. The van der Waals surface area contributed by atoms with E-state index in [2.05, 4.69) is 0 Å². The first-order valence-electron chi connectivity index (χ1n) is 10.7. The summed E-state index contributed by atoms with van der Waals surface area (Å²) in [5.41, 5.74) is -0.359. The third-order valence-electron chi connectivity index (χ3n) is 5.96. The fourth-order valence-corrected chi connectivity index (χ4v) is 5.61. The molecule has 5 nitrogen and oxygen atoms in total. The first-order valence-corrected chi connectivity index (χ1v) is 12.5. The molecule has 0 bridgehead atoms. The molecule has 0 aromatic heterocycles. The molecule has 2 aromatic carbocycles. The van der Waals surface area contributed by atoms with Crippen LogP contribution in [0.3, 0.4) is 0 Å². The van der Waals surface area contributed by atoms with Crippen molar-refractivity contribution >= 4 is 21.6 Å². The van der Waals surface area contributed by atoms with Gasteiger partial charge < -0.3 is 4.74 Å². The number of benzene rings is 2. The summed E-state index contributed by atoms with van der Waals surface area (Å²) in [5.74, 6) is -8.29. The van der Waals surface area contributed by atoms with Crippen molar-refractivity contribution in [2.75, 3.05) is 11.4 Å². The minimum atomic E-state index is -4.20. The molecule has 1 heterocycles. The van der Waals surface area contributed by atoms with Gasteiger partial charge in [-0.1, -0.05) is 13.0 Å². The van der Waals surface area contributed by atoms with Crippen LogP contribution in [-0.2, 0) is 26.1 Å². The van der Waals surface area contributed by atoms with Crippen molar-refractivity contribution in [1.82, 2.24) is 0 Å². The molecule has 0 saturated heterocycles. The molecule has 0 spiro atoms. The predicted molar refractivity (Wildman–Crippen MR) is 113 cm³/mol. The molecule has 1 atom stereocenters. The number of carbonyl (C=O) groups is 1. The van der Waals surface area contributed by atoms with Gasteiger partial charge in [0.15, 0.2) is 33.1 Å². The second kappa shape index (κ2) is 8.62. The van der Waals surface area contributed by atoms with Crippen molar-refractivity contribution in [2.45, 2.75) is 50.7 Å². The zero-order valence-electron chi connectivity index (χ0n) is 18.1. The van der Waals surface area contributed by atoms with E-state index in [0.717, 1.165) is 19.8 Å². The number of fused-ring (bicyclic) bond motifs is 1. The van der Waals surface area contributed by atoms with Gasteiger partial charge in [0.05, 0.1) is 17.2 Å². The Morgan fingerprint density at radius 3 is 2.24 bits per heavy atom. The fourth-order valence-electron chi connectivity index (χ4n) is 4.12. The highest BCUT2D eigenvalue weighted by Gasteiger charge is 2.42. The van der Waals surface area contributed by atoms with Gasteiger partial charge in [0, 0.05) is 29.2 Å². The molecule has 10 heteroatoms. The highest BCUT2D eigenvalue weighted by molar-refractivity contribution is 7.89. The molecule has 33 heavy (non-hydrogen) atoms. The summed E-state index contributed by atoms with van der Waals surface area (Å²) in [7, 11) is -4.20. The maximum atomic E-state index is 14.2. The number of sulfone groups is 1. The van der Waals surface area contributed by atoms with Crippen LogP contribution in [0.25, 0.3) is 0 Å². The van der Waals surface area contributed by atoms with Gasteiger partial charge in [-0.05, 0) is 43.9 Å². The minimum absolute atomic E-state index is 0.157. The van der Waals surface area contributed by atoms with Crippen molar-refractivity contribution in [3.8, 4) is 0 Å². The predicted octanol–water partition coefficient (Wildman–Crippen LogP) is 5.48. The molecule has 0 radical (unpaired) electrons. The quantitative estimate of drug-likeness (QED) is 0.385. The lowest BCUT2D eigenvalue weighted by atomic mass is 9.98. The Morgan fingerprint density at radius 1 is 1.03 bits per heavy atom. The summed E-state index contributed by atoms with van der Waals surface area (Å²) in [6.07, 6.45) is 1.53. The van der Waals surface area contributed by atoms with Crippen LogP contribution in [0.2, 0.25) is 0 Å². The van der Waals surface area contributed by atoms with Crippen LogP contribution in [0.4, 0.5) is 28.0 Å². The molecule has 2 aliphatic rings. The van der Waals surface area contributed by atoms with Crippen LogP contribution in [0.15, 0.2) is 18.2 Å². The Morgan fingerprint density at radius 2 is 1.67 bits per heavy atom. The molecule has 1 fully saturated rings. The maximum absolute atomic E-state index is 14.2. The van der Waals surface area contributed by atoms with Crippen LogP contribution in [0.1, 0.15) is 54.5 Å². The highest BCUT2D eigenvalue weighted by Crippen LogP contribution is 2.48. The number of ether oxygens (including phenoxy) is 1. The Hall–Kier alpha value is -2.62. The van der Waals surface area contributed by atoms with E-state index in [4.69, 9.17) is 4.74 Å². The summed E-state index contributed by atoms with van der Waals surface area (Å²) >= 11 is 0. The standard InChI is InChI=1S/C23H23F4NO4S/c1-3-8-28-17-7-4-13(9-15(17)22(14-5-6-14)32-23(28)29)10-33(30,31)11-16-20(26)18(24)12(2)19(25)21(16)27/h4,7,9,14,22H,3,5-6,8,10-11H2,1-2H3. The number of nitrogens with zero attached hydrogens (tertiary/aromatic N) is 1. The largest absolute Gasteiger partial charge is 0.441 e. The van der Waals surface area contributed by atoms with Gasteiger partial charge in [-0.2, -0.15) is 0 Å². The summed E-state index contributed by atoms with van der Waals surface area (Å²) in [6.45, 7) is 3.22. The van der Waals surface area contributed by atoms with E-state index in [1.54, 1.807) is 12.1 Å². The first-order chi connectivity index (χ1) is 15.5. The van der Waals surface area contributed by atoms with Gasteiger partial charge >= 0.3 is 6.09 Å². The van der Waals surface area contributed by atoms with Gasteiger partial charge in [-0.15, -0.1) is 0 Å². The summed E-state index contributed by atoms with van der Waals surface area (Å²) in [4.78, 5) is 13.9. The molecule has 1 saturated carbocycles. The van der Waals surface area contributed by atoms with Gasteiger partial charge in [0.1, 0.15) is 6.10 Å². The average molecular weight is 485 g/mol. The van der Waals surface area contributed by atoms with Crippen molar-refractivity contribution in [1.29, 1.82) is 0 Å². The average Bonchev–Trinajstić information content (AvgIpc) is 3.61. The monoisotopic (exact) mass is 485 g/mol. The maximum Gasteiger partial charge on any atom is 0.414 e. The van der Waals surface area contributed by atoms with Gasteiger partial charge in [0.25, 0.3) is 0 Å². The third-order valence-corrected chi connectivity index (χ3v) is 7.46. The topological polar surface area (TPSA) is 63.7 Å². The highest BCUT2D eigenvalue weighted by atomic mass is 32.2. The van der Waals surface area contributed by atoms with E-state index in [-0.39, 0.29) is 5.92 Å². The number of anilines is 1. The number of rotatable bonds is 7. The molecular formula is C23H23F4NO4S. The van der Waals surface area contributed by atoms with Crippen molar-refractivity contribution in [2.24, 2.45) is 5.92 Å². The van der Waals surface area contributed by atoms with Crippen LogP contribution in [-0.4, -0.2) is 21.1 Å². The lowest BCUT2D eigenvalue weighted by molar-refractivity contribution is 0.0848. The number of hydrogen-bond acceptors (Lipinski definition) is 4. The van der Waals surface area contributed by atoms with Crippen molar-refractivity contribution in [3.63, 3.8) is 0 Å². The van der Waals surface area contributed by atoms with Gasteiger partial charge in [0.2, 0.25) is 0 Å². The number of halogens is 4. The molecular weight excluding hydrogens is 462 g/mol. The van der Waals surface area contributed by atoms with E-state index >= 15 is 0 Å². The molecule has 1 unspecified atom stereocenters. The minimum Gasteiger partial charge on any atom is -0.441 e. The SMILES string of the molecule is CCCN1C(=O)OC(C2CC2)c2cc(CS(=O)(=O)Cc3c(F)c(F)c(C)c(F)c3F)ccc21. The van der Waals surface area contributed by atoms with E-state index in [0.29, 0.717) is 29.8 Å². The van der Waals surface area contributed by atoms with Crippen LogP contribution in [0.5, 0.6) is 0 Å². The summed E-state index contributed by atoms with van der Waals surface area (Å²) < 4.78 is 87.2. The molecule has 1 amide bonds. The molecule has 1 aliphatic carbocycles. The van der Waals surface area contributed by atoms with Crippen LogP contribution in [0, 0.1) is 36.1 Å². The number of hydrogen-bond donors (Lipinski definition) is 0. The Bertz CT molecular complexity index is 1200. The van der Waals surface area contributed by atoms with Gasteiger partial charge in [-0.3, -0.25) is 4.90 Å². The second-order valence-corrected chi connectivity index (χ2v) is 10.6. The number of carbonyl (C=O) groups excluding carboxylic acids is 1. The summed E-state index contributed by atoms with van der Waals surface area (Å²) in [6, 6.07) is 4.77. The van der Waals surface area contributed by atoms with E-state index in [9.17, 15) is 30.8 Å². The fraction of sp³-hybridized carbons (Fsp3) is 0.435. The first kappa shape index (κ1) is 23.5. The van der Waals surface area contributed by atoms with Crippen molar-refractivity contribution < 1.29 is 35.5 Å². The lowest BCUT2D eigenvalue weighted by Gasteiger charge is -2.34. The van der Waals surface area contributed by atoms with Crippen LogP contribution < -0.4 is 4.90 Å². The van der Waals surface area contributed by atoms with E-state index < -0.39 is 67.9 Å². The van der Waals surface area contributed by atoms with Gasteiger partial charge in [-0.25, -0.2) is 30.8 Å². The number of cyclic esters (lactones) is 1. The lowest BCUT2D eigenvalue weighted by Crippen LogP contribution is -2.38. The molecule has 1 aliphatic heterocycles. The molecule has 2 aromatic rings. The van der Waals surface area contributed by atoms with E-state index in [1.165, 1.54) is 11.0 Å². The van der Waals surface area contributed by atoms with Crippen LogP contribution >= 0.6 is 0 Å². The van der Waals surface area contributed by atoms with E-state index in [1.807, 2.05) is 6.92 Å². The Kier molecular flexibility index (Phi) is 6.15. The Labute approximate surface area is 189 Å². The zero-order chi connectivity index (χ0) is 24.1. The molecule has 4 rings (SSSR count). The molecule has 0 N–H and O–H groups in total.